The van der Waals surface area contributed by atoms with Gasteiger partial charge in [-0.1, -0.05) is 12.1 Å². The minimum Gasteiger partial charge on any atom is -0.495 e. The normalized spacial score (nSPS) is 18.1. The van der Waals surface area contributed by atoms with Crippen LogP contribution in [0.1, 0.15) is 10.5 Å². The lowest BCUT2D eigenvalue weighted by Gasteiger charge is -2.36. The van der Waals surface area contributed by atoms with Crippen molar-refractivity contribution in [1.29, 1.82) is 0 Å². The summed E-state index contributed by atoms with van der Waals surface area (Å²) >= 11 is 0. The summed E-state index contributed by atoms with van der Waals surface area (Å²) < 4.78 is 5.46. The summed E-state index contributed by atoms with van der Waals surface area (Å²) in [5, 5.41) is 0. The topological polar surface area (TPSA) is 65.0 Å². The molecule has 2 saturated heterocycles. The number of ether oxygens (including phenoxy) is 1. The maximum atomic E-state index is 12.9. The van der Waals surface area contributed by atoms with Gasteiger partial charge in [0.2, 0.25) is 0 Å². The highest BCUT2D eigenvalue weighted by Crippen LogP contribution is 2.28. The molecule has 29 heavy (non-hydrogen) atoms. The second-order valence-electron chi connectivity index (χ2n) is 7.50. The highest BCUT2D eigenvalue weighted by atomic mass is 16.5. The van der Waals surface area contributed by atoms with Crippen molar-refractivity contribution in [2.45, 2.75) is 0 Å². The standard InChI is InChI=1S/C21H28N6O2/c1-24-7-9-26(10-8-24)20-16-22-17(15-23-20)21(28)27-13-11-25(12-14-27)18-5-3-4-6-19(18)29-2/h3-6,15-16H,7-14H2,1-2H3. The van der Waals surface area contributed by atoms with E-state index in [1.54, 1.807) is 19.5 Å². The van der Waals surface area contributed by atoms with E-state index in [9.17, 15) is 4.79 Å². The van der Waals surface area contributed by atoms with Gasteiger partial charge in [0, 0.05) is 52.4 Å². The summed E-state index contributed by atoms with van der Waals surface area (Å²) in [7, 11) is 3.81. The predicted molar refractivity (Wildman–Crippen MR) is 113 cm³/mol. The van der Waals surface area contributed by atoms with Crippen LogP contribution >= 0.6 is 0 Å². The van der Waals surface area contributed by atoms with Gasteiger partial charge >= 0.3 is 0 Å². The van der Waals surface area contributed by atoms with E-state index in [0.29, 0.717) is 18.8 Å². The van der Waals surface area contributed by atoms with Crippen LogP contribution in [0.2, 0.25) is 0 Å². The minimum atomic E-state index is -0.0536. The van der Waals surface area contributed by atoms with Crippen LogP contribution in [-0.4, -0.2) is 92.2 Å². The summed E-state index contributed by atoms with van der Waals surface area (Å²) in [4.78, 5) is 30.4. The number of carbonyl (C=O) groups excluding carboxylic acids is 1. The van der Waals surface area contributed by atoms with Crippen molar-refractivity contribution < 1.29 is 9.53 Å². The van der Waals surface area contributed by atoms with Gasteiger partial charge < -0.3 is 24.3 Å². The minimum absolute atomic E-state index is 0.0536. The molecule has 0 N–H and O–H groups in total. The van der Waals surface area contributed by atoms with E-state index < -0.39 is 0 Å². The molecule has 0 unspecified atom stereocenters. The number of amides is 1. The van der Waals surface area contributed by atoms with Crippen LogP contribution in [0.25, 0.3) is 0 Å². The summed E-state index contributed by atoms with van der Waals surface area (Å²) in [5.41, 5.74) is 1.48. The van der Waals surface area contributed by atoms with Gasteiger partial charge in [0.05, 0.1) is 25.2 Å². The number of benzene rings is 1. The molecule has 0 spiro atoms. The summed E-state index contributed by atoms with van der Waals surface area (Å²) in [6, 6.07) is 7.99. The SMILES string of the molecule is COc1ccccc1N1CCN(C(=O)c2cnc(N3CCN(C)CC3)cn2)CC1. The number of anilines is 2. The second kappa shape index (κ2) is 8.65. The lowest BCUT2D eigenvalue weighted by molar-refractivity contribution is 0.0740. The van der Waals surface area contributed by atoms with Crippen LogP contribution < -0.4 is 14.5 Å². The van der Waals surface area contributed by atoms with Crippen molar-refractivity contribution in [1.82, 2.24) is 19.8 Å². The Morgan fingerprint density at radius 3 is 2.24 bits per heavy atom. The molecule has 2 aromatic rings. The maximum Gasteiger partial charge on any atom is 0.274 e. The van der Waals surface area contributed by atoms with Gasteiger partial charge in [0.1, 0.15) is 17.3 Å². The number of methoxy groups -OCH3 is 1. The average molecular weight is 396 g/mol. The summed E-state index contributed by atoms with van der Waals surface area (Å²) in [6.45, 7) is 6.72. The third kappa shape index (κ3) is 4.27. The third-order valence-electron chi connectivity index (χ3n) is 5.68. The largest absolute Gasteiger partial charge is 0.495 e. The molecule has 0 aliphatic carbocycles. The molecular formula is C21H28N6O2. The zero-order valence-corrected chi connectivity index (χ0v) is 17.1. The van der Waals surface area contributed by atoms with E-state index in [-0.39, 0.29) is 5.91 Å². The Hall–Kier alpha value is -2.87. The van der Waals surface area contributed by atoms with Crippen molar-refractivity contribution in [3.8, 4) is 5.75 Å². The van der Waals surface area contributed by atoms with E-state index in [2.05, 4.69) is 37.8 Å². The number of likely N-dealkylation sites (N-methyl/N-ethyl adjacent to an activating group) is 1. The molecule has 1 aromatic carbocycles. The first-order chi connectivity index (χ1) is 14.2. The van der Waals surface area contributed by atoms with E-state index >= 15 is 0 Å². The maximum absolute atomic E-state index is 12.9. The van der Waals surface area contributed by atoms with Gasteiger partial charge in [-0.15, -0.1) is 0 Å². The molecule has 0 radical (unpaired) electrons. The molecule has 0 bridgehead atoms. The van der Waals surface area contributed by atoms with Gasteiger partial charge in [-0.2, -0.15) is 0 Å². The number of aromatic nitrogens is 2. The van der Waals surface area contributed by atoms with Crippen molar-refractivity contribution in [3.63, 3.8) is 0 Å². The molecule has 0 atom stereocenters. The number of para-hydroxylation sites is 2. The number of piperazine rings is 2. The average Bonchev–Trinajstić information content (AvgIpc) is 2.79. The molecule has 4 rings (SSSR count). The molecule has 2 aliphatic rings. The fourth-order valence-electron chi connectivity index (χ4n) is 3.83. The Kier molecular flexibility index (Phi) is 5.80. The van der Waals surface area contributed by atoms with E-state index in [1.807, 2.05) is 23.1 Å². The fraction of sp³-hybridized carbons (Fsp3) is 0.476. The number of rotatable bonds is 4. The Bertz CT molecular complexity index is 827. The van der Waals surface area contributed by atoms with Gasteiger partial charge in [0.15, 0.2) is 0 Å². The van der Waals surface area contributed by atoms with Crippen LogP contribution in [0.5, 0.6) is 5.75 Å². The molecule has 154 valence electrons. The lowest BCUT2D eigenvalue weighted by Crippen LogP contribution is -2.49. The van der Waals surface area contributed by atoms with Crippen molar-refractivity contribution in [3.05, 3.63) is 42.4 Å². The van der Waals surface area contributed by atoms with Gasteiger partial charge in [-0.25, -0.2) is 9.97 Å². The highest BCUT2D eigenvalue weighted by molar-refractivity contribution is 5.92. The first kappa shape index (κ1) is 19.4. The number of nitrogens with zero attached hydrogens (tertiary/aromatic N) is 6. The smallest absolute Gasteiger partial charge is 0.274 e. The van der Waals surface area contributed by atoms with Crippen LogP contribution in [0.3, 0.4) is 0 Å². The van der Waals surface area contributed by atoms with Gasteiger partial charge in [-0.3, -0.25) is 4.79 Å². The van der Waals surface area contributed by atoms with Crippen LogP contribution in [-0.2, 0) is 0 Å². The molecule has 1 aromatic heterocycles. The van der Waals surface area contributed by atoms with E-state index in [1.165, 1.54) is 0 Å². The van der Waals surface area contributed by atoms with Crippen LogP contribution in [0.4, 0.5) is 11.5 Å². The first-order valence-electron chi connectivity index (χ1n) is 10.1. The monoisotopic (exact) mass is 396 g/mol. The second-order valence-corrected chi connectivity index (χ2v) is 7.50. The number of hydrogen-bond acceptors (Lipinski definition) is 7. The van der Waals surface area contributed by atoms with Gasteiger partial charge in [0.25, 0.3) is 5.91 Å². The van der Waals surface area contributed by atoms with E-state index in [4.69, 9.17) is 4.74 Å². The highest BCUT2D eigenvalue weighted by Gasteiger charge is 2.25. The van der Waals surface area contributed by atoms with Crippen molar-refractivity contribution in [2.75, 3.05) is 76.3 Å². The first-order valence-corrected chi connectivity index (χ1v) is 10.1. The Balaban J connectivity index is 1.36. The number of carbonyl (C=O) groups is 1. The molecule has 0 saturated carbocycles. The molecule has 2 aliphatic heterocycles. The summed E-state index contributed by atoms with van der Waals surface area (Å²) in [6.07, 6.45) is 3.34. The molecule has 3 heterocycles. The lowest BCUT2D eigenvalue weighted by atomic mass is 10.2. The number of hydrogen-bond donors (Lipinski definition) is 0. The van der Waals surface area contributed by atoms with E-state index in [0.717, 1.165) is 56.5 Å². The van der Waals surface area contributed by atoms with Crippen molar-refractivity contribution in [2.24, 2.45) is 0 Å². The quantitative estimate of drug-likeness (QED) is 0.769. The molecule has 1 amide bonds. The fourth-order valence-corrected chi connectivity index (χ4v) is 3.83. The summed E-state index contributed by atoms with van der Waals surface area (Å²) in [5.74, 6) is 1.65. The third-order valence-corrected chi connectivity index (χ3v) is 5.68. The van der Waals surface area contributed by atoms with Crippen LogP contribution in [0.15, 0.2) is 36.7 Å². The molecule has 8 nitrogen and oxygen atoms in total. The Morgan fingerprint density at radius 2 is 1.59 bits per heavy atom. The molecular weight excluding hydrogens is 368 g/mol. The predicted octanol–water partition coefficient (Wildman–Crippen LogP) is 1.20. The van der Waals surface area contributed by atoms with Crippen LogP contribution in [0, 0.1) is 0 Å². The zero-order valence-electron chi connectivity index (χ0n) is 17.1. The Morgan fingerprint density at radius 1 is 0.897 bits per heavy atom. The molecule has 2 fully saturated rings. The molecule has 8 heteroatoms. The van der Waals surface area contributed by atoms with Crippen molar-refractivity contribution >= 4 is 17.4 Å². The Labute approximate surface area is 171 Å². The van der Waals surface area contributed by atoms with Gasteiger partial charge in [-0.05, 0) is 19.2 Å². The zero-order chi connectivity index (χ0) is 20.2.